The predicted molar refractivity (Wildman–Crippen MR) is 102 cm³/mol. The third-order valence-electron chi connectivity index (χ3n) is 4.32. The van der Waals surface area contributed by atoms with Gasteiger partial charge >= 0.3 is 0 Å². The van der Waals surface area contributed by atoms with Gasteiger partial charge in [-0.2, -0.15) is 0 Å². The van der Waals surface area contributed by atoms with Crippen molar-refractivity contribution in [2.24, 2.45) is 0 Å². The average Bonchev–Trinajstić information content (AvgIpc) is 2.64. The molecule has 26 heavy (non-hydrogen) atoms. The van der Waals surface area contributed by atoms with Crippen LogP contribution in [0.5, 0.6) is 11.5 Å². The summed E-state index contributed by atoms with van der Waals surface area (Å²) >= 11 is 5.93. The topological polar surface area (TPSA) is 59.0 Å². The van der Waals surface area contributed by atoms with E-state index in [0.717, 1.165) is 11.1 Å². The smallest absolute Gasteiger partial charge is 0.255 e. The fourth-order valence-corrected chi connectivity index (χ4v) is 2.96. The van der Waals surface area contributed by atoms with E-state index in [-0.39, 0.29) is 5.91 Å². The molecule has 6 heteroatoms. The minimum absolute atomic E-state index is 0.351. The van der Waals surface area contributed by atoms with E-state index in [1.807, 2.05) is 25.1 Å². The van der Waals surface area contributed by atoms with Gasteiger partial charge < -0.3 is 19.5 Å². The molecule has 0 saturated carbocycles. The molecule has 0 bridgehead atoms. The van der Waals surface area contributed by atoms with E-state index >= 15 is 0 Å². The Hall–Kier alpha value is -2.24. The van der Waals surface area contributed by atoms with Gasteiger partial charge in [0.1, 0.15) is 0 Å². The van der Waals surface area contributed by atoms with Gasteiger partial charge in [0.05, 0.1) is 14.2 Å². The largest absolute Gasteiger partial charge is 0.493 e. The summed E-state index contributed by atoms with van der Waals surface area (Å²) in [5.74, 6) is 0.959. The number of aryl methyl sites for hydroxylation is 1. The van der Waals surface area contributed by atoms with Crippen molar-refractivity contribution >= 4 is 17.5 Å². The summed E-state index contributed by atoms with van der Waals surface area (Å²) in [6.07, 6.45) is -0.572. The maximum Gasteiger partial charge on any atom is 0.255 e. The lowest BCUT2D eigenvalue weighted by Crippen LogP contribution is -2.33. The van der Waals surface area contributed by atoms with Crippen LogP contribution in [-0.4, -0.2) is 43.7 Å². The molecule has 2 aromatic carbocycles. The van der Waals surface area contributed by atoms with Crippen LogP contribution in [-0.2, 0) is 11.2 Å². The number of carbonyl (C=O) groups excluding carboxylic acids is 1. The van der Waals surface area contributed by atoms with Crippen molar-refractivity contribution < 1.29 is 19.4 Å². The van der Waals surface area contributed by atoms with E-state index in [4.69, 9.17) is 21.1 Å². The maximum absolute atomic E-state index is 12.5. The molecule has 0 aliphatic carbocycles. The van der Waals surface area contributed by atoms with Crippen molar-refractivity contribution in [3.63, 3.8) is 0 Å². The minimum atomic E-state index is -1.21. The van der Waals surface area contributed by atoms with Gasteiger partial charge in [0.25, 0.3) is 5.91 Å². The molecular formula is C20H24ClNO4. The van der Waals surface area contributed by atoms with E-state index in [0.29, 0.717) is 35.1 Å². The molecule has 1 atom stereocenters. The maximum atomic E-state index is 12.5. The van der Waals surface area contributed by atoms with Crippen LogP contribution in [0, 0.1) is 6.92 Å². The molecule has 0 aromatic heterocycles. The molecule has 0 radical (unpaired) electrons. The SMILES string of the molecule is COc1ccc(CCN(C)C(=O)C(O)c2ccc(Cl)cc2C)cc1OC. The lowest BCUT2D eigenvalue weighted by atomic mass is 10.0. The Balaban J connectivity index is 2.02. The normalized spacial score (nSPS) is 11.8. The van der Waals surface area contributed by atoms with Crippen molar-refractivity contribution in [2.75, 3.05) is 27.8 Å². The van der Waals surface area contributed by atoms with Gasteiger partial charge in [-0.25, -0.2) is 0 Å². The quantitative estimate of drug-likeness (QED) is 0.803. The van der Waals surface area contributed by atoms with Gasteiger partial charge in [-0.05, 0) is 54.3 Å². The molecule has 0 saturated heterocycles. The van der Waals surface area contributed by atoms with Crippen LogP contribution >= 0.6 is 11.6 Å². The summed E-state index contributed by atoms with van der Waals surface area (Å²) in [7, 11) is 4.85. The zero-order valence-corrected chi connectivity index (χ0v) is 16.2. The van der Waals surface area contributed by atoms with Crippen molar-refractivity contribution in [2.45, 2.75) is 19.4 Å². The van der Waals surface area contributed by atoms with Crippen LogP contribution in [0.25, 0.3) is 0 Å². The van der Waals surface area contributed by atoms with Crippen LogP contribution in [0.4, 0.5) is 0 Å². The second-order valence-electron chi connectivity index (χ2n) is 6.10. The molecule has 140 valence electrons. The van der Waals surface area contributed by atoms with E-state index in [1.54, 1.807) is 39.5 Å². The lowest BCUT2D eigenvalue weighted by molar-refractivity contribution is -0.139. The minimum Gasteiger partial charge on any atom is -0.493 e. The molecule has 0 aliphatic heterocycles. The zero-order chi connectivity index (χ0) is 19.3. The van der Waals surface area contributed by atoms with E-state index in [2.05, 4.69) is 0 Å². The summed E-state index contributed by atoms with van der Waals surface area (Å²) < 4.78 is 10.5. The highest BCUT2D eigenvalue weighted by Gasteiger charge is 2.22. The number of aliphatic hydroxyl groups is 1. The highest BCUT2D eigenvalue weighted by atomic mass is 35.5. The highest BCUT2D eigenvalue weighted by Crippen LogP contribution is 2.28. The monoisotopic (exact) mass is 377 g/mol. The number of nitrogens with zero attached hydrogens (tertiary/aromatic N) is 1. The summed E-state index contributed by atoms with van der Waals surface area (Å²) in [5.41, 5.74) is 2.36. The molecule has 0 aliphatic rings. The van der Waals surface area contributed by atoms with Gasteiger partial charge in [0.2, 0.25) is 0 Å². The Morgan fingerprint density at radius 2 is 1.85 bits per heavy atom. The molecule has 2 aromatic rings. The molecule has 1 unspecified atom stereocenters. The fraction of sp³-hybridized carbons (Fsp3) is 0.350. The average molecular weight is 378 g/mol. The first-order chi connectivity index (χ1) is 12.4. The number of methoxy groups -OCH3 is 2. The van der Waals surface area contributed by atoms with Gasteiger partial charge in [0, 0.05) is 18.6 Å². The number of aliphatic hydroxyl groups excluding tert-OH is 1. The Morgan fingerprint density at radius 3 is 2.46 bits per heavy atom. The first kappa shape index (κ1) is 20.1. The van der Waals surface area contributed by atoms with Gasteiger partial charge in [-0.15, -0.1) is 0 Å². The van der Waals surface area contributed by atoms with Gasteiger partial charge in [-0.3, -0.25) is 4.79 Å². The number of ether oxygens (including phenoxy) is 2. The molecule has 0 spiro atoms. The van der Waals surface area contributed by atoms with Crippen LogP contribution in [0.15, 0.2) is 36.4 Å². The summed E-state index contributed by atoms with van der Waals surface area (Å²) in [6, 6.07) is 10.7. The fourth-order valence-electron chi connectivity index (χ4n) is 2.73. The molecule has 1 N–H and O–H groups in total. The number of amides is 1. The van der Waals surface area contributed by atoms with Gasteiger partial charge in [0.15, 0.2) is 17.6 Å². The predicted octanol–water partition coefficient (Wildman–Crippen LogP) is 3.40. The number of benzene rings is 2. The van der Waals surface area contributed by atoms with E-state index in [1.165, 1.54) is 4.90 Å². The van der Waals surface area contributed by atoms with Crippen molar-refractivity contribution in [3.8, 4) is 11.5 Å². The summed E-state index contributed by atoms with van der Waals surface area (Å²) in [5, 5.41) is 11.0. The molecule has 1 amide bonds. The van der Waals surface area contributed by atoms with Crippen molar-refractivity contribution in [3.05, 3.63) is 58.1 Å². The summed E-state index contributed by atoms with van der Waals surface area (Å²) in [6.45, 7) is 2.29. The summed E-state index contributed by atoms with van der Waals surface area (Å²) in [4.78, 5) is 14.0. The van der Waals surface area contributed by atoms with Crippen LogP contribution in [0.2, 0.25) is 5.02 Å². The number of rotatable bonds is 7. The Labute approximate surface area is 159 Å². The lowest BCUT2D eigenvalue weighted by Gasteiger charge is -2.22. The standard InChI is InChI=1S/C20H24ClNO4/c1-13-11-15(21)6-7-16(13)19(23)20(24)22(2)10-9-14-5-8-17(25-3)18(12-14)26-4/h5-8,11-12,19,23H,9-10H2,1-4H3. The van der Waals surface area contributed by atoms with Crippen molar-refractivity contribution in [1.82, 2.24) is 4.90 Å². The van der Waals surface area contributed by atoms with E-state index < -0.39 is 6.10 Å². The van der Waals surface area contributed by atoms with Crippen molar-refractivity contribution in [1.29, 1.82) is 0 Å². The second kappa shape index (κ2) is 8.92. The molecular weight excluding hydrogens is 354 g/mol. The first-order valence-electron chi connectivity index (χ1n) is 8.27. The van der Waals surface area contributed by atoms with Crippen LogP contribution in [0.3, 0.4) is 0 Å². The Kier molecular flexibility index (Phi) is 6.89. The van der Waals surface area contributed by atoms with Crippen LogP contribution in [0.1, 0.15) is 22.8 Å². The number of carbonyl (C=O) groups is 1. The zero-order valence-electron chi connectivity index (χ0n) is 15.5. The third-order valence-corrected chi connectivity index (χ3v) is 4.56. The van der Waals surface area contributed by atoms with Crippen LogP contribution < -0.4 is 9.47 Å². The number of hydrogen-bond donors (Lipinski definition) is 1. The molecule has 2 rings (SSSR count). The van der Waals surface area contributed by atoms with Gasteiger partial charge in [-0.1, -0.05) is 23.7 Å². The number of hydrogen-bond acceptors (Lipinski definition) is 4. The Bertz CT molecular complexity index is 778. The number of halogens is 1. The third kappa shape index (κ3) is 4.68. The van der Waals surface area contributed by atoms with E-state index in [9.17, 15) is 9.90 Å². The second-order valence-corrected chi connectivity index (χ2v) is 6.54. The molecule has 0 fully saturated rings. The molecule has 5 nitrogen and oxygen atoms in total. The molecule has 0 heterocycles. The highest BCUT2D eigenvalue weighted by molar-refractivity contribution is 6.30. The Morgan fingerprint density at radius 1 is 1.15 bits per heavy atom. The first-order valence-corrected chi connectivity index (χ1v) is 8.65. The number of likely N-dealkylation sites (N-methyl/N-ethyl adjacent to an activating group) is 1.